The summed E-state index contributed by atoms with van der Waals surface area (Å²) in [6.45, 7) is 1.08. The molecule has 80 valence electrons. The molecule has 0 saturated carbocycles. The van der Waals surface area contributed by atoms with E-state index in [4.69, 9.17) is 15.0 Å². The molecule has 2 rings (SSSR count). The number of carbonyl (C=O) groups is 1. The topological polar surface area (TPSA) is 62.5 Å². The number of carboxylic acids is 1. The largest absolute Gasteiger partial charge is 0.508 e. The summed E-state index contributed by atoms with van der Waals surface area (Å²) in [6, 6.07) is 7.34. The van der Waals surface area contributed by atoms with E-state index < -0.39 is 5.97 Å². The molecule has 2 N–H and O–H groups in total. The second-order valence-corrected chi connectivity index (χ2v) is 3.19. The van der Waals surface area contributed by atoms with Gasteiger partial charge in [-0.15, -0.1) is 0 Å². The van der Waals surface area contributed by atoms with Gasteiger partial charge in [0.2, 0.25) is 0 Å². The molecule has 15 heavy (non-hydrogen) atoms. The first-order valence-electron chi connectivity index (χ1n) is 4.44. The summed E-state index contributed by atoms with van der Waals surface area (Å²) in [5.41, 5.74) is 1.14. The minimum atomic E-state index is -0.833. The van der Waals surface area contributed by atoms with E-state index in [1.807, 2.05) is 29.9 Å². The number of aromatic hydroxyl groups is 1. The summed E-state index contributed by atoms with van der Waals surface area (Å²) in [7, 11) is 1.99. The average Bonchev–Trinajstić information content (AvgIpc) is 2.46. The van der Waals surface area contributed by atoms with Gasteiger partial charge in [0.15, 0.2) is 0 Å². The standard InChI is InChI=1S/C9H9NO.C2H4O2/c1-10-5-4-7-6-8(11)2-3-9(7)10;1-2(3)4/h2-6,11H,1H3;1H3,(H,3,4). The Kier molecular flexibility index (Phi) is 3.33. The van der Waals surface area contributed by atoms with Crippen LogP contribution in [0.3, 0.4) is 0 Å². The second kappa shape index (κ2) is 4.50. The van der Waals surface area contributed by atoms with Crippen LogP contribution in [0, 0.1) is 0 Å². The highest BCUT2D eigenvalue weighted by atomic mass is 16.4. The van der Waals surface area contributed by atoms with E-state index in [1.54, 1.807) is 12.1 Å². The number of rotatable bonds is 0. The number of phenols is 1. The van der Waals surface area contributed by atoms with E-state index in [0.717, 1.165) is 17.8 Å². The molecule has 0 aliphatic carbocycles. The molecule has 0 saturated heterocycles. The van der Waals surface area contributed by atoms with Crippen LogP contribution in [0.5, 0.6) is 5.75 Å². The maximum Gasteiger partial charge on any atom is 0.300 e. The SMILES string of the molecule is CC(=O)O.Cn1ccc2cc(O)ccc21. The molecular formula is C11H13NO3. The van der Waals surface area contributed by atoms with Crippen molar-refractivity contribution >= 4 is 16.9 Å². The number of hydrogen-bond acceptors (Lipinski definition) is 2. The lowest BCUT2D eigenvalue weighted by molar-refractivity contribution is -0.134. The predicted octanol–water partition coefficient (Wildman–Crippen LogP) is 1.97. The minimum Gasteiger partial charge on any atom is -0.508 e. The van der Waals surface area contributed by atoms with Gasteiger partial charge in [0.1, 0.15) is 5.75 Å². The molecule has 4 heteroatoms. The van der Waals surface area contributed by atoms with E-state index in [9.17, 15) is 0 Å². The van der Waals surface area contributed by atoms with Crippen LogP contribution in [0.15, 0.2) is 30.5 Å². The van der Waals surface area contributed by atoms with Gasteiger partial charge in [-0.25, -0.2) is 0 Å². The van der Waals surface area contributed by atoms with Crippen molar-refractivity contribution in [3.63, 3.8) is 0 Å². The fraction of sp³-hybridized carbons (Fsp3) is 0.182. The number of hydrogen-bond donors (Lipinski definition) is 2. The normalized spacial score (nSPS) is 9.47. The molecule has 1 heterocycles. The molecule has 2 aromatic rings. The third-order valence-electron chi connectivity index (χ3n) is 1.87. The molecular weight excluding hydrogens is 194 g/mol. The molecule has 0 fully saturated rings. The van der Waals surface area contributed by atoms with Crippen LogP contribution in [0.25, 0.3) is 10.9 Å². The van der Waals surface area contributed by atoms with Gasteiger partial charge in [-0.3, -0.25) is 4.79 Å². The molecule has 0 amide bonds. The zero-order valence-electron chi connectivity index (χ0n) is 8.64. The smallest absolute Gasteiger partial charge is 0.300 e. The second-order valence-electron chi connectivity index (χ2n) is 3.19. The number of aromatic nitrogens is 1. The van der Waals surface area contributed by atoms with Gasteiger partial charge in [0, 0.05) is 31.1 Å². The van der Waals surface area contributed by atoms with Crippen molar-refractivity contribution in [2.45, 2.75) is 6.92 Å². The molecule has 0 bridgehead atoms. The molecule has 0 atom stereocenters. The molecule has 0 spiro atoms. The monoisotopic (exact) mass is 207 g/mol. The Balaban J connectivity index is 0.000000245. The summed E-state index contributed by atoms with van der Waals surface area (Å²) < 4.78 is 2.02. The van der Waals surface area contributed by atoms with Crippen LogP contribution < -0.4 is 0 Å². The third kappa shape index (κ3) is 3.02. The number of nitrogens with zero attached hydrogens (tertiary/aromatic N) is 1. The van der Waals surface area contributed by atoms with Crippen LogP contribution in [0.2, 0.25) is 0 Å². The lowest BCUT2D eigenvalue weighted by Gasteiger charge is -1.95. The van der Waals surface area contributed by atoms with Crippen molar-refractivity contribution in [3.8, 4) is 5.75 Å². The highest BCUT2D eigenvalue weighted by molar-refractivity contribution is 5.81. The Bertz CT molecular complexity index is 470. The number of carboxylic acid groups (broad SMARTS) is 1. The lowest BCUT2D eigenvalue weighted by atomic mass is 10.2. The highest BCUT2D eigenvalue weighted by Crippen LogP contribution is 2.19. The number of phenolic OH excluding ortho intramolecular Hbond substituents is 1. The number of benzene rings is 1. The first-order chi connectivity index (χ1) is 7.00. The van der Waals surface area contributed by atoms with Gasteiger partial charge in [0.25, 0.3) is 5.97 Å². The summed E-state index contributed by atoms with van der Waals surface area (Å²) in [5.74, 6) is -0.510. The van der Waals surface area contributed by atoms with Gasteiger partial charge >= 0.3 is 0 Å². The van der Waals surface area contributed by atoms with E-state index in [0.29, 0.717) is 5.75 Å². The van der Waals surface area contributed by atoms with Crippen LogP contribution in [-0.2, 0) is 11.8 Å². The summed E-state index contributed by atoms with van der Waals surface area (Å²) in [5, 5.41) is 17.6. The number of aliphatic carboxylic acids is 1. The summed E-state index contributed by atoms with van der Waals surface area (Å²) >= 11 is 0. The van der Waals surface area contributed by atoms with Gasteiger partial charge in [0.05, 0.1) is 0 Å². The fourth-order valence-electron chi connectivity index (χ4n) is 1.27. The molecule has 0 aliphatic heterocycles. The van der Waals surface area contributed by atoms with Crippen molar-refractivity contribution in [1.82, 2.24) is 4.57 Å². The van der Waals surface area contributed by atoms with Gasteiger partial charge in [-0.1, -0.05) is 0 Å². The Hall–Kier alpha value is -1.97. The number of fused-ring (bicyclic) bond motifs is 1. The van der Waals surface area contributed by atoms with Crippen molar-refractivity contribution in [2.24, 2.45) is 7.05 Å². The van der Waals surface area contributed by atoms with Gasteiger partial charge < -0.3 is 14.8 Å². The summed E-state index contributed by atoms with van der Waals surface area (Å²) in [4.78, 5) is 9.00. The Morgan fingerprint density at radius 1 is 1.33 bits per heavy atom. The van der Waals surface area contributed by atoms with Gasteiger partial charge in [-0.2, -0.15) is 0 Å². The maximum absolute atomic E-state index is 9.13. The highest BCUT2D eigenvalue weighted by Gasteiger charge is 1.96. The summed E-state index contributed by atoms with van der Waals surface area (Å²) in [6.07, 6.45) is 1.98. The zero-order valence-corrected chi connectivity index (χ0v) is 8.64. The molecule has 4 nitrogen and oxygen atoms in total. The Morgan fingerprint density at radius 2 is 1.93 bits per heavy atom. The average molecular weight is 207 g/mol. The minimum absolute atomic E-state index is 0.323. The maximum atomic E-state index is 9.13. The van der Waals surface area contributed by atoms with Crippen molar-refractivity contribution in [2.75, 3.05) is 0 Å². The fourth-order valence-corrected chi connectivity index (χ4v) is 1.27. The van der Waals surface area contributed by atoms with Crippen LogP contribution in [-0.4, -0.2) is 20.7 Å². The van der Waals surface area contributed by atoms with Crippen LogP contribution in [0.1, 0.15) is 6.92 Å². The number of aryl methyl sites for hydroxylation is 1. The van der Waals surface area contributed by atoms with E-state index in [2.05, 4.69) is 0 Å². The molecule has 0 radical (unpaired) electrons. The third-order valence-corrected chi connectivity index (χ3v) is 1.87. The lowest BCUT2D eigenvalue weighted by Crippen LogP contribution is -1.81. The van der Waals surface area contributed by atoms with Crippen molar-refractivity contribution in [1.29, 1.82) is 0 Å². The Morgan fingerprint density at radius 3 is 2.53 bits per heavy atom. The van der Waals surface area contributed by atoms with E-state index >= 15 is 0 Å². The first-order valence-corrected chi connectivity index (χ1v) is 4.44. The van der Waals surface area contributed by atoms with Crippen molar-refractivity contribution in [3.05, 3.63) is 30.5 Å². The molecule has 0 unspecified atom stereocenters. The molecule has 0 aliphatic rings. The van der Waals surface area contributed by atoms with Gasteiger partial charge in [-0.05, 0) is 24.3 Å². The van der Waals surface area contributed by atoms with Crippen LogP contribution in [0.4, 0.5) is 0 Å². The van der Waals surface area contributed by atoms with E-state index in [-0.39, 0.29) is 0 Å². The Labute approximate surface area is 87.4 Å². The van der Waals surface area contributed by atoms with Crippen LogP contribution >= 0.6 is 0 Å². The molecule has 1 aromatic carbocycles. The zero-order chi connectivity index (χ0) is 11.4. The molecule has 1 aromatic heterocycles. The quantitative estimate of drug-likeness (QED) is 0.694. The van der Waals surface area contributed by atoms with E-state index in [1.165, 1.54) is 0 Å². The van der Waals surface area contributed by atoms with Crippen molar-refractivity contribution < 1.29 is 15.0 Å². The predicted molar refractivity (Wildman–Crippen MR) is 57.9 cm³/mol. The first kappa shape index (κ1) is 11.1.